The molecular weight excluding hydrogens is 260 g/mol. The molecule has 3 N–H and O–H groups in total. The van der Waals surface area contributed by atoms with Gasteiger partial charge in [-0.1, -0.05) is 29.8 Å². The molecule has 2 rings (SSSR count). The predicted molar refractivity (Wildman–Crippen MR) is 75.4 cm³/mol. The molecule has 0 amide bonds. The minimum absolute atomic E-state index is 0.0450. The van der Waals surface area contributed by atoms with E-state index in [1.807, 2.05) is 36.6 Å². The standard InChI is InChI=1S/C14H16N2O2S/c1-10-3-2-4-11(5-10)14(8-15,13(17)18)6-12-7-19-9-16-12/h2-5,7,9H,6,8,15H2,1H3,(H,17,18). The number of aliphatic carboxylic acids is 1. The largest absolute Gasteiger partial charge is 0.481 e. The quantitative estimate of drug-likeness (QED) is 0.875. The summed E-state index contributed by atoms with van der Waals surface area (Å²) in [7, 11) is 0. The van der Waals surface area contributed by atoms with Gasteiger partial charge in [-0.25, -0.2) is 4.98 Å². The number of carboxylic acids is 1. The fourth-order valence-corrected chi connectivity index (χ4v) is 2.71. The van der Waals surface area contributed by atoms with E-state index in [2.05, 4.69) is 4.98 Å². The second kappa shape index (κ2) is 5.50. The van der Waals surface area contributed by atoms with Gasteiger partial charge < -0.3 is 10.8 Å². The van der Waals surface area contributed by atoms with Crippen LogP contribution in [-0.2, 0) is 16.6 Å². The molecule has 1 aromatic carbocycles. The Morgan fingerprint density at radius 1 is 1.53 bits per heavy atom. The van der Waals surface area contributed by atoms with E-state index in [0.29, 0.717) is 6.42 Å². The Balaban J connectivity index is 2.47. The van der Waals surface area contributed by atoms with Crippen molar-refractivity contribution < 1.29 is 9.90 Å². The van der Waals surface area contributed by atoms with Crippen LogP contribution in [0, 0.1) is 6.92 Å². The van der Waals surface area contributed by atoms with Gasteiger partial charge in [0.05, 0.1) is 11.2 Å². The van der Waals surface area contributed by atoms with Crippen LogP contribution >= 0.6 is 11.3 Å². The summed E-state index contributed by atoms with van der Waals surface area (Å²) in [4.78, 5) is 16.0. The molecule has 0 saturated carbocycles. The van der Waals surface area contributed by atoms with Crippen LogP contribution in [0.25, 0.3) is 0 Å². The number of nitrogens with two attached hydrogens (primary N) is 1. The summed E-state index contributed by atoms with van der Waals surface area (Å²) in [6.07, 6.45) is 0.311. The number of thiazole rings is 1. The Hall–Kier alpha value is -1.72. The number of carboxylic acid groups (broad SMARTS) is 1. The fraction of sp³-hybridized carbons (Fsp3) is 0.286. The van der Waals surface area contributed by atoms with E-state index in [0.717, 1.165) is 16.8 Å². The van der Waals surface area contributed by atoms with Crippen molar-refractivity contribution in [2.45, 2.75) is 18.8 Å². The van der Waals surface area contributed by atoms with E-state index in [9.17, 15) is 9.90 Å². The Morgan fingerprint density at radius 2 is 2.32 bits per heavy atom. The lowest BCUT2D eigenvalue weighted by Crippen LogP contribution is -2.45. The summed E-state index contributed by atoms with van der Waals surface area (Å²) in [5, 5.41) is 11.5. The van der Waals surface area contributed by atoms with Crippen LogP contribution in [0.1, 0.15) is 16.8 Å². The first kappa shape index (κ1) is 13.7. The van der Waals surface area contributed by atoms with Crippen molar-refractivity contribution in [3.05, 3.63) is 52.0 Å². The molecule has 1 heterocycles. The van der Waals surface area contributed by atoms with E-state index in [-0.39, 0.29) is 6.54 Å². The molecule has 100 valence electrons. The molecule has 0 saturated heterocycles. The second-order valence-corrected chi connectivity index (χ2v) is 5.34. The zero-order valence-electron chi connectivity index (χ0n) is 10.7. The molecule has 1 unspecified atom stereocenters. The van der Waals surface area contributed by atoms with Gasteiger partial charge in [0, 0.05) is 18.3 Å². The number of aryl methyl sites for hydroxylation is 1. The van der Waals surface area contributed by atoms with Crippen LogP contribution in [0.2, 0.25) is 0 Å². The third kappa shape index (κ3) is 2.67. The fourth-order valence-electron chi connectivity index (χ4n) is 2.16. The van der Waals surface area contributed by atoms with Crippen molar-refractivity contribution >= 4 is 17.3 Å². The highest BCUT2D eigenvalue weighted by Crippen LogP contribution is 2.29. The maximum Gasteiger partial charge on any atom is 0.315 e. The Kier molecular flexibility index (Phi) is 3.97. The lowest BCUT2D eigenvalue weighted by Gasteiger charge is -2.28. The van der Waals surface area contributed by atoms with Crippen LogP contribution in [0.4, 0.5) is 0 Å². The van der Waals surface area contributed by atoms with E-state index < -0.39 is 11.4 Å². The zero-order chi connectivity index (χ0) is 13.9. The Bertz CT molecular complexity index is 569. The van der Waals surface area contributed by atoms with Gasteiger partial charge in [0.15, 0.2) is 0 Å². The first-order valence-corrected chi connectivity index (χ1v) is 6.90. The molecule has 0 bridgehead atoms. The van der Waals surface area contributed by atoms with Crippen molar-refractivity contribution in [3.63, 3.8) is 0 Å². The van der Waals surface area contributed by atoms with E-state index in [1.54, 1.807) is 5.51 Å². The highest BCUT2D eigenvalue weighted by atomic mass is 32.1. The first-order valence-electron chi connectivity index (χ1n) is 5.96. The number of rotatable bonds is 5. The molecule has 0 spiro atoms. The van der Waals surface area contributed by atoms with Gasteiger partial charge in [-0.2, -0.15) is 0 Å². The topological polar surface area (TPSA) is 76.2 Å². The lowest BCUT2D eigenvalue weighted by atomic mass is 9.76. The number of nitrogens with zero attached hydrogens (tertiary/aromatic N) is 1. The normalized spacial score (nSPS) is 14.0. The summed E-state index contributed by atoms with van der Waals surface area (Å²) in [5.41, 5.74) is 8.91. The first-order chi connectivity index (χ1) is 9.08. The van der Waals surface area contributed by atoms with Crippen molar-refractivity contribution in [1.29, 1.82) is 0 Å². The van der Waals surface area contributed by atoms with Gasteiger partial charge in [0.1, 0.15) is 5.41 Å². The number of hydrogen-bond donors (Lipinski definition) is 2. The van der Waals surface area contributed by atoms with Crippen LogP contribution in [0.5, 0.6) is 0 Å². The minimum Gasteiger partial charge on any atom is -0.481 e. The molecule has 2 aromatic rings. The molecule has 0 fully saturated rings. The van der Waals surface area contributed by atoms with Gasteiger partial charge in [-0.3, -0.25) is 4.79 Å². The van der Waals surface area contributed by atoms with Gasteiger partial charge in [-0.05, 0) is 12.5 Å². The number of aromatic nitrogens is 1. The summed E-state index contributed by atoms with van der Waals surface area (Å²) >= 11 is 1.46. The molecule has 5 heteroatoms. The highest BCUT2D eigenvalue weighted by molar-refractivity contribution is 7.07. The summed E-state index contributed by atoms with van der Waals surface area (Å²) in [6.45, 7) is 1.98. The maximum absolute atomic E-state index is 11.8. The summed E-state index contributed by atoms with van der Waals surface area (Å²) in [5.74, 6) is -0.909. The highest BCUT2D eigenvalue weighted by Gasteiger charge is 2.39. The molecule has 19 heavy (non-hydrogen) atoms. The summed E-state index contributed by atoms with van der Waals surface area (Å²) < 4.78 is 0. The molecule has 1 aromatic heterocycles. The molecule has 0 aliphatic heterocycles. The zero-order valence-corrected chi connectivity index (χ0v) is 11.5. The van der Waals surface area contributed by atoms with Crippen LogP contribution < -0.4 is 5.73 Å². The molecule has 1 atom stereocenters. The smallest absolute Gasteiger partial charge is 0.315 e. The lowest BCUT2D eigenvalue weighted by molar-refractivity contribution is -0.143. The number of carbonyl (C=O) groups is 1. The second-order valence-electron chi connectivity index (χ2n) is 4.62. The van der Waals surface area contributed by atoms with Gasteiger partial charge in [-0.15, -0.1) is 11.3 Å². The Morgan fingerprint density at radius 3 is 2.84 bits per heavy atom. The van der Waals surface area contributed by atoms with Crippen LogP contribution in [0.3, 0.4) is 0 Å². The third-order valence-corrected chi connectivity index (χ3v) is 3.93. The number of hydrogen-bond acceptors (Lipinski definition) is 4. The molecule has 0 aliphatic rings. The monoisotopic (exact) mass is 276 g/mol. The molecular formula is C14H16N2O2S. The van der Waals surface area contributed by atoms with Gasteiger partial charge >= 0.3 is 5.97 Å². The Labute approximate surface area is 115 Å². The van der Waals surface area contributed by atoms with E-state index >= 15 is 0 Å². The van der Waals surface area contributed by atoms with Crippen molar-refractivity contribution in [2.75, 3.05) is 6.54 Å². The third-order valence-electron chi connectivity index (χ3n) is 3.29. The molecule has 0 radical (unpaired) electrons. The maximum atomic E-state index is 11.8. The van der Waals surface area contributed by atoms with Gasteiger partial charge in [0.25, 0.3) is 0 Å². The van der Waals surface area contributed by atoms with Crippen molar-refractivity contribution in [1.82, 2.24) is 4.98 Å². The summed E-state index contributed by atoms with van der Waals surface area (Å²) in [6, 6.07) is 7.50. The van der Waals surface area contributed by atoms with E-state index in [4.69, 9.17) is 5.73 Å². The molecule has 4 nitrogen and oxygen atoms in total. The van der Waals surface area contributed by atoms with E-state index in [1.165, 1.54) is 11.3 Å². The average Bonchev–Trinajstić information content (AvgIpc) is 2.88. The predicted octanol–water partition coefficient (Wildman–Crippen LogP) is 1.98. The molecule has 0 aliphatic carbocycles. The average molecular weight is 276 g/mol. The van der Waals surface area contributed by atoms with Crippen molar-refractivity contribution in [3.8, 4) is 0 Å². The minimum atomic E-state index is -1.11. The van der Waals surface area contributed by atoms with Crippen LogP contribution in [-0.4, -0.2) is 22.6 Å². The van der Waals surface area contributed by atoms with Crippen molar-refractivity contribution in [2.24, 2.45) is 5.73 Å². The van der Waals surface area contributed by atoms with Crippen LogP contribution in [0.15, 0.2) is 35.2 Å². The number of benzene rings is 1. The van der Waals surface area contributed by atoms with Gasteiger partial charge in [0.2, 0.25) is 0 Å². The SMILES string of the molecule is Cc1cccc(C(CN)(Cc2cscn2)C(=O)O)c1.